The molecule has 78 valence electrons. The molecular weight excluding hydrogens is 194 g/mol. The van der Waals surface area contributed by atoms with Crippen LogP contribution in [-0.4, -0.2) is 17.9 Å². The number of para-hydroxylation sites is 1. The van der Waals surface area contributed by atoms with Gasteiger partial charge < -0.3 is 0 Å². The van der Waals surface area contributed by atoms with Crippen molar-refractivity contribution in [2.24, 2.45) is 0 Å². The number of carbonyl (C=O) groups excluding carboxylic acids is 1. The lowest BCUT2D eigenvalue weighted by Gasteiger charge is -2.13. The van der Waals surface area contributed by atoms with Crippen LogP contribution in [0.25, 0.3) is 0 Å². The molecule has 4 heteroatoms. The largest absolute Gasteiger partial charge is 0.445 e. The summed E-state index contributed by atoms with van der Waals surface area (Å²) in [6.07, 6.45) is 1.53. The third-order valence-corrected chi connectivity index (χ3v) is 3.38. The van der Waals surface area contributed by atoms with Crippen molar-refractivity contribution >= 4 is 11.8 Å². The fourth-order valence-corrected chi connectivity index (χ4v) is 2.42. The number of fused-ring (bicyclic) bond motifs is 2. The zero-order valence-corrected chi connectivity index (χ0v) is 8.14. The van der Waals surface area contributed by atoms with Crippen molar-refractivity contribution in [1.29, 1.82) is 0 Å². The van der Waals surface area contributed by atoms with Crippen LogP contribution in [0.15, 0.2) is 24.3 Å². The first-order chi connectivity index (χ1) is 7.27. The van der Waals surface area contributed by atoms with E-state index in [1.54, 1.807) is 0 Å². The van der Waals surface area contributed by atoms with Gasteiger partial charge in [-0.3, -0.25) is 9.79 Å². The zero-order chi connectivity index (χ0) is 10.5. The minimum Gasteiger partial charge on any atom is -0.278 e. The van der Waals surface area contributed by atoms with E-state index in [2.05, 4.69) is 4.89 Å². The molecule has 1 saturated carbocycles. The van der Waals surface area contributed by atoms with Crippen LogP contribution in [0.3, 0.4) is 0 Å². The van der Waals surface area contributed by atoms with E-state index in [1.807, 2.05) is 24.3 Å². The summed E-state index contributed by atoms with van der Waals surface area (Å²) in [5.41, 5.74) is 2.22. The third kappa shape index (κ3) is 1.08. The Morgan fingerprint density at radius 3 is 2.80 bits per heavy atom. The summed E-state index contributed by atoms with van der Waals surface area (Å²) in [5.74, 6) is 0. The van der Waals surface area contributed by atoms with Crippen LogP contribution < -0.4 is 4.90 Å². The highest BCUT2D eigenvalue weighted by molar-refractivity contribution is 5.91. The lowest BCUT2D eigenvalue weighted by molar-refractivity contribution is -0.175. The van der Waals surface area contributed by atoms with Crippen molar-refractivity contribution in [2.75, 3.05) is 11.4 Å². The second-order valence-electron chi connectivity index (χ2n) is 4.24. The van der Waals surface area contributed by atoms with E-state index in [0.29, 0.717) is 6.54 Å². The maximum absolute atomic E-state index is 11.3. The molecule has 1 N–H and O–H groups in total. The number of anilines is 1. The smallest absolute Gasteiger partial charge is 0.278 e. The van der Waals surface area contributed by atoms with Gasteiger partial charge in [-0.1, -0.05) is 18.2 Å². The van der Waals surface area contributed by atoms with Crippen LogP contribution >= 0.6 is 0 Å². The quantitative estimate of drug-likeness (QED) is 0.521. The molecule has 1 aromatic rings. The summed E-state index contributed by atoms with van der Waals surface area (Å²) in [6.45, 7) is 0.631. The SMILES string of the molecule is O=C(OO)N1CC2(CC2)c2ccccc21. The highest BCUT2D eigenvalue weighted by Gasteiger charge is 2.53. The molecule has 0 aromatic heterocycles. The van der Waals surface area contributed by atoms with Crippen LogP contribution in [0.4, 0.5) is 10.5 Å². The number of nitrogens with zero attached hydrogens (tertiary/aromatic N) is 1. The maximum Gasteiger partial charge on any atom is 0.445 e. The first-order valence-electron chi connectivity index (χ1n) is 4.99. The van der Waals surface area contributed by atoms with Gasteiger partial charge in [-0.25, -0.2) is 4.79 Å². The molecule has 2 aliphatic rings. The molecule has 4 nitrogen and oxygen atoms in total. The molecule has 1 amide bonds. The van der Waals surface area contributed by atoms with Crippen LogP contribution in [-0.2, 0) is 10.3 Å². The lowest BCUT2D eigenvalue weighted by atomic mass is 9.99. The van der Waals surface area contributed by atoms with Crippen LogP contribution in [0, 0.1) is 0 Å². The molecule has 1 heterocycles. The highest BCUT2D eigenvalue weighted by Crippen LogP contribution is 2.56. The third-order valence-electron chi connectivity index (χ3n) is 3.38. The van der Waals surface area contributed by atoms with Gasteiger partial charge in [0.2, 0.25) is 0 Å². The first-order valence-corrected chi connectivity index (χ1v) is 4.99. The topological polar surface area (TPSA) is 49.8 Å². The molecule has 1 aliphatic heterocycles. The molecule has 1 aliphatic carbocycles. The Bertz CT molecular complexity index is 426. The average molecular weight is 205 g/mol. The number of hydrogen-bond donors (Lipinski definition) is 1. The second-order valence-corrected chi connectivity index (χ2v) is 4.24. The number of hydrogen-bond acceptors (Lipinski definition) is 3. The first kappa shape index (κ1) is 8.73. The highest BCUT2D eigenvalue weighted by atomic mass is 17.1. The molecule has 0 saturated heterocycles. The number of carbonyl (C=O) groups is 1. The zero-order valence-electron chi connectivity index (χ0n) is 8.14. The van der Waals surface area contributed by atoms with Crippen LogP contribution in [0.1, 0.15) is 18.4 Å². The fraction of sp³-hybridized carbons (Fsp3) is 0.364. The molecule has 0 unspecified atom stereocenters. The van der Waals surface area contributed by atoms with Gasteiger partial charge in [0.1, 0.15) is 0 Å². The maximum atomic E-state index is 11.3. The van der Waals surface area contributed by atoms with Crippen molar-refractivity contribution in [3.63, 3.8) is 0 Å². The van der Waals surface area contributed by atoms with Gasteiger partial charge >= 0.3 is 6.09 Å². The summed E-state index contributed by atoms with van der Waals surface area (Å²) in [6, 6.07) is 7.80. The van der Waals surface area contributed by atoms with Gasteiger partial charge in [0.15, 0.2) is 0 Å². The van der Waals surface area contributed by atoms with Crippen molar-refractivity contribution in [3.05, 3.63) is 29.8 Å². The Hall–Kier alpha value is -1.55. The van der Waals surface area contributed by atoms with Crippen LogP contribution in [0.5, 0.6) is 0 Å². The summed E-state index contributed by atoms with van der Waals surface area (Å²) >= 11 is 0. The standard InChI is InChI=1S/C11H11NO3/c13-10(15-14)12-7-11(5-6-11)8-3-1-2-4-9(8)12/h1-4,14H,5-7H2. The van der Waals surface area contributed by atoms with E-state index in [9.17, 15) is 4.79 Å². The minimum absolute atomic E-state index is 0.144. The minimum atomic E-state index is -0.689. The Balaban J connectivity index is 2.07. The molecular formula is C11H11NO3. The van der Waals surface area contributed by atoms with E-state index < -0.39 is 6.09 Å². The van der Waals surface area contributed by atoms with Crippen molar-refractivity contribution in [1.82, 2.24) is 0 Å². The Morgan fingerprint density at radius 2 is 2.13 bits per heavy atom. The summed E-state index contributed by atoms with van der Waals surface area (Å²) in [4.78, 5) is 16.6. The molecule has 0 bridgehead atoms. The number of amides is 1. The lowest BCUT2D eigenvalue weighted by Crippen LogP contribution is -2.31. The van der Waals surface area contributed by atoms with Crippen molar-refractivity contribution in [3.8, 4) is 0 Å². The Kier molecular flexibility index (Phi) is 1.59. The summed E-state index contributed by atoms with van der Waals surface area (Å²) < 4.78 is 0. The van der Waals surface area contributed by atoms with Crippen molar-refractivity contribution in [2.45, 2.75) is 18.3 Å². The van der Waals surface area contributed by atoms with E-state index >= 15 is 0 Å². The molecule has 0 radical (unpaired) electrons. The molecule has 1 spiro atoms. The van der Waals surface area contributed by atoms with Gasteiger partial charge in [0.25, 0.3) is 0 Å². The molecule has 1 aromatic carbocycles. The van der Waals surface area contributed by atoms with Crippen molar-refractivity contribution < 1.29 is 14.9 Å². The van der Waals surface area contributed by atoms with Gasteiger partial charge in [-0.15, -0.1) is 0 Å². The van der Waals surface area contributed by atoms with E-state index in [-0.39, 0.29) is 5.41 Å². The van der Waals surface area contributed by atoms with Gasteiger partial charge in [-0.2, -0.15) is 5.26 Å². The fourth-order valence-electron chi connectivity index (χ4n) is 2.42. The van der Waals surface area contributed by atoms with Gasteiger partial charge in [0, 0.05) is 12.0 Å². The molecule has 1 fully saturated rings. The van der Waals surface area contributed by atoms with E-state index in [0.717, 1.165) is 18.5 Å². The van der Waals surface area contributed by atoms with Gasteiger partial charge in [0.05, 0.1) is 5.69 Å². The van der Waals surface area contributed by atoms with Crippen LogP contribution in [0.2, 0.25) is 0 Å². The Morgan fingerprint density at radius 1 is 1.40 bits per heavy atom. The molecule has 0 atom stereocenters. The number of rotatable bonds is 0. The van der Waals surface area contributed by atoms with Gasteiger partial charge in [-0.05, 0) is 24.5 Å². The van der Waals surface area contributed by atoms with E-state index in [4.69, 9.17) is 5.26 Å². The van der Waals surface area contributed by atoms with E-state index in [1.165, 1.54) is 10.5 Å². The molecule has 3 rings (SSSR count). The normalized spacial score (nSPS) is 20.2. The summed E-state index contributed by atoms with van der Waals surface area (Å²) in [7, 11) is 0. The monoisotopic (exact) mass is 205 g/mol. The summed E-state index contributed by atoms with van der Waals surface area (Å²) in [5, 5.41) is 8.42. The predicted molar refractivity (Wildman–Crippen MR) is 53.8 cm³/mol. The number of benzene rings is 1. The predicted octanol–water partition coefficient (Wildman–Crippen LogP) is 2.15. The second kappa shape index (κ2) is 2.73. The average Bonchev–Trinajstić information content (AvgIpc) is 2.98. The Labute approximate surface area is 87.0 Å². The molecule has 15 heavy (non-hydrogen) atoms.